The normalized spacial score (nSPS) is 10.8. The third-order valence-corrected chi connectivity index (χ3v) is 4.50. The average molecular weight is 364 g/mol. The minimum absolute atomic E-state index is 0.105. The summed E-state index contributed by atoms with van der Waals surface area (Å²) in [6.45, 7) is 1.81. The van der Waals surface area contributed by atoms with Crippen molar-refractivity contribution in [2.45, 2.75) is 6.92 Å². The number of ether oxygens (including phenoxy) is 1. The zero-order chi connectivity index (χ0) is 17.9. The first-order valence-corrected chi connectivity index (χ1v) is 8.95. The van der Waals surface area contributed by atoms with Crippen LogP contribution in [-0.4, -0.2) is 26.9 Å². The number of carbonyl (C=O) groups is 1. The van der Waals surface area contributed by atoms with E-state index in [9.17, 15) is 4.79 Å². The lowest BCUT2D eigenvalue weighted by molar-refractivity contribution is -0.118. The maximum absolute atomic E-state index is 12.2. The molecule has 0 bridgehead atoms. The van der Waals surface area contributed by atoms with Gasteiger partial charge in [0.2, 0.25) is 0 Å². The predicted molar refractivity (Wildman–Crippen MR) is 102 cm³/mol. The van der Waals surface area contributed by atoms with E-state index in [4.69, 9.17) is 4.74 Å². The van der Waals surface area contributed by atoms with Gasteiger partial charge in [-0.2, -0.15) is 0 Å². The summed E-state index contributed by atoms with van der Waals surface area (Å²) in [5.74, 6) is 0.309. The van der Waals surface area contributed by atoms with Gasteiger partial charge in [0.05, 0.1) is 11.4 Å². The van der Waals surface area contributed by atoms with Crippen LogP contribution in [0, 0.1) is 6.92 Å². The molecule has 0 saturated heterocycles. The van der Waals surface area contributed by atoms with Gasteiger partial charge < -0.3 is 9.14 Å². The van der Waals surface area contributed by atoms with Gasteiger partial charge in [-0.15, -0.1) is 11.3 Å². The van der Waals surface area contributed by atoms with Crippen molar-refractivity contribution < 1.29 is 9.53 Å². The van der Waals surface area contributed by atoms with Crippen LogP contribution in [0.3, 0.4) is 0 Å². The van der Waals surface area contributed by atoms with Crippen LogP contribution >= 0.6 is 11.3 Å². The number of pyridine rings is 1. The Bertz CT molecular complexity index is 1060. The van der Waals surface area contributed by atoms with E-state index in [0.29, 0.717) is 16.5 Å². The Kier molecular flexibility index (Phi) is 4.37. The fraction of sp³-hybridized carbons (Fsp3) is 0.105. The topological polar surface area (TPSA) is 68.5 Å². The number of benzene rings is 1. The zero-order valence-electron chi connectivity index (χ0n) is 14.0. The van der Waals surface area contributed by atoms with Gasteiger partial charge in [-0.05, 0) is 19.1 Å². The van der Waals surface area contributed by atoms with Crippen molar-refractivity contribution >= 4 is 28.0 Å². The number of rotatable bonds is 5. The Morgan fingerprint density at radius 1 is 1.19 bits per heavy atom. The number of hydrogen-bond donors (Lipinski definition) is 1. The molecule has 0 saturated carbocycles. The molecule has 1 aromatic carbocycles. The molecular formula is C19H16N4O2S. The number of hydrogen-bond acceptors (Lipinski definition) is 5. The zero-order valence-corrected chi connectivity index (χ0v) is 14.9. The van der Waals surface area contributed by atoms with Crippen molar-refractivity contribution in [1.82, 2.24) is 14.4 Å². The van der Waals surface area contributed by atoms with Crippen LogP contribution < -0.4 is 10.1 Å². The lowest BCUT2D eigenvalue weighted by atomic mass is 10.2. The van der Waals surface area contributed by atoms with Crippen molar-refractivity contribution in [3.8, 4) is 17.0 Å². The van der Waals surface area contributed by atoms with Crippen molar-refractivity contribution in [3.05, 3.63) is 65.9 Å². The standard InChI is InChI=1S/C19H16N4O2S/c1-13-10-23-9-5-8-16(18(23)20-13)25-11-17(24)22-19-21-15(12-26-19)14-6-3-2-4-7-14/h2-10,12H,11H2,1H3,(H,21,22,24). The number of fused-ring (bicyclic) bond motifs is 1. The number of thiazole rings is 1. The summed E-state index contributed by atoms with van der Waals surface area (Å²) in [5, 5.41) is 5.24. The molecule has 0 unspecified atom stereocenters. The SMILES string of the molecule is Cc1cn2cccc(OCC(=O)Nc3nc(-c4ccccc4)cs3)c2n1. The third kappa shape index (κ3) is 3.43. The van der Waals surface area contributed by atoms with E-state index < -0.39 is 0 Å². The molecule has 0 spiro atoms. The second-order valence-corrected chi connectivity index (χ2v) is 6.58. The van der Waals surface area contributed by atoms with Crippen molar-refractivity contribution in [1.29, 1.82) is 0 Å². The van der Waals surface area contributed by atoms with Crippen molar-refractivity contribution in [2.75, 3.05) is 11.9 Å². The molecule has 6 nitrogen and oxygen atoms in total. The molecule has 0 atom stereocenters. The molecule has 3 aromatic heterocycles. The van der Waals surface area contributed by atoms with E-state index in [2.05, 4.69) is 15.3 Å². The van der Waals surface area contributed by atoms with Gasteiger partial charge >= 0.3 is 0 Å². The molecule has 0 aliphatic carbocycles. The molecule has 0 radical (unpaired) electrons. The second kappa shape index (κ2) is 6.97. The number of aryl methyl sites for hydroxylation is 1. The highest BCUT2D eigenvalue weighted by molar-refractivity contribution is 7.14. The summed E-state index contributed by atoms with van der Waals surface area (Å²) in [7, 11) is 0. The van der Waals surface area contributed by atoms with Gasteiger partial charge in [-0.3, -0.25) is 10.1 Å². The number of anilines is 1. The number of nitrogens with zero attached hydrogens (tertiary/aromatic N) is 3. The number of nitrogens with one attached hydrogen (secondary N) is 1. The van der Waals surface area contributed by atoms with E-state index in [1.807, 2.05) is 65.5 Å². The summed E-state index contributed by atoms with van der Waals surface area (Å²) in [5.41, 5.74) is 3.44. The van der Waals surface area contributed by atoms with Crippen molar-refractivity contribution in [2.24, 2.45) is 0 Å². The summed E-state index contributed by atoms with van der Waals surface area (Å²) in [6.07, 6.45) is 3.80. The second-order valence-electron chi connectivity index (χ2n) is 5.73. The Balaban J connectivity index is 1.41. The molecule has 7 heteroatoms. The molecule has 4 rings (SSSR count). The summed E-state index contributed by atoms with van der Waals surface area (Å²) >= 11 is 1.39. The Hall–Kier alpha value is -3.19. The van der Waals surface area contributed by atoms with Crippen LogP contribution in [0.15, 0.2) is 60.2 Å². The molecule has 3 heterocycles. The van der Waals surface area contributed by atoms with Crippen LogP contribution in [0.5, 0.6) is 5.75 Å². The van der Waals surface area contributed by atoms with Crippen LogP contribution in [0.25, 0.3) is 16.9 Å². The lowest BCUT2D eigenvalue weighted by Crippen LogP contribution is -2.20. The molecule has 4 aromatic rings. The van der Waals surface area contributed by atoms with Crippen LogP contribution in [0.2, 0.25) is 0 Å². The number of imidazole rings is 1. The predicted octanol–water partition coefficient (Wildman–Crippen LogP) is 3.78. The highest BCUT2D eigenvalue weighted by Crippen LogP contribution is 2.24. The highest BCUT2D eigenvalue weighted by Gasteiger charge is 2.11. The molecule has 26 heavy (non-hydrogen) atoms. The van der Waals surface area contributed by atoms with Crippen LogP contribution in [0.1, 0.15) is 5.69 Å². The minimum Gasteiger partial charge on any atom is -0.480 e. The lowest BCUT2D eigenvalue weighted by Gasteiger charge is -2.06. The highest BCUT2D eigenvalue weighted by atomic mass is 32.1. The smallest absolute Gasteiger partial charge is 0.264 e. The molecule has 0 aliphatic heterocycles. The monoisotopic (exact) mass is 364 g/mol. The number of amides is 1. The van der Waals surface area contributed by atoms with Gasteiger partial charge in [0, 0.05) is 23.3 Å². The Labute approximate surface area is 154 Å². The molecule has 0 aliphatic rings. The Morgan fingerprint density at radius 2 is 2.04 bits per heavy atom. The largest absolute Gasteiger partial charge is 0.480 e. The first kappa shape index (κ1) is 16.3. The number of carbonyl (C=O) groups excluding carboxylic acids is 1. The molecule has 1 amide bonds. The van der Waals surface area contributed by atoms with Crippen molar-refractivity contribution in [3.63, 3.8) is 0 Å². The third-order valence-electron chi connectivity index (χ3n) is 3.75. The van der Waals surface area contributed by atoms with E-state index >= 15 is 0 Å². The van der Waals surface area contributed by atoms with Gasteiger partial charge in [-0.25, -0.2) is 9.97 Å². The van der Waals surface area contributed by atoms with E-state index in [-0.39, 0.29) is 12.5 Å². The summed E-state index contributed by atoms with van der Waals surface area (Å²) in [4.78, 5) is 21.0. The fourth-order valence-corrected chi connectivity index (χ4v) is 3.33. The van der Waals surface area contributed by atoms with Gasteiger partial charge in [0.1, 0.15) is 0 Å². The maximum atomic E-state index is 12.2. The van der Waals surface area contributed by atoms with Gasteiger partial charge in [0.25, 0.3) is 5.91 Å². The molecular weight excluding hydrogens is 348 g/mol. The first-order chi connectivity index (χ1) is 12.7. The fourth-order valence-electron chi connectivity index (χ4n) is 2.59. The van der Waals surface area contributed by atoms with Crippen LogP contribution in [0.4, 0.5) is 5.13 Å². The maximum Gasteiger partial charge on any atom is 0.264 e. The Morgan fingerprint density at radius 3 is 2.88 bits per heavy atom. The minimum atomic E-state index is -0.260. The summed E-state index contributed by atoms with van der Waals surface area (Å²) < 4.78 is 7.51. The molecule has 130 valence electrons. The quantitative estimate of drug-likeness (QED) is 0.585. The molecule has 1 N–H and O–H groups in total. The average Bonchev–Trinajstić information content (AvgIpc) is 3.26. The number of aromatic nitrogens is 3. The van der Waals surface area contributed by atoms with Gasteiger partial charge in [-0.1, -0.05) is 30.3 Å². The van der Waals surface area contributed by atoms with Gasteiger partial charge in [0.15, 0.2) is 23.1 Å². The van der Waals surface area contributed by atoms with E-state index in [1.165, 1.54) is 11.3 Å². The molecule has 0 fully saturated rings. The van der Waals surface area contributed by atoms with E-state index in [1.54, 1.807) is 6.07 Å². The summed E-state index contributed by atoms with van der Waals surface area (Å²) in [6, 6.07) is 13.5. The van der Waals surface area contributed by atoms with Crippen LogP contribution in [-0.2, 0) is 4.79 Å². The van der Waals surface area contributed by atoms with E-state index in [0.717, 1.165) is 17.0 Å². The first-order valence-electron chi connectivity index (χ1n) is 8.07.